The van der Waals surface area contributed by atoms with E-state index in [1.165, 1.54) is 10.6 Å². The fraction of sp³-hybridized carbons (Fsp3) is 0.182. The van der Waals surface area contributed by atoms with Crippen molar-refractivity contribution >= 4 is 22.0 Å². The van der Waals surface area contributed by atoms with Gasteiger partial charge in [-0.1, -0.05) is 11.3 Å². The topological polar surface area (TPSA) is 69.1 Å². The number of benzene rings is 1. The van der Waals surface area contributed by atoms with Crippen LogP contribution in [0.25, 0.3) is 15.5 Å². The van der Waals surface area contributed by atoms with Gasteiger partial charge in [0.1, 0.15) is 5.01 Å². The molecular formula is C11H8F3N5S. The van der Waals surface area contributed by atoms with Crippen molar-refractivity contribution in [1.29, 1.82) is 0 Å². The zero-order valence-electron chi connectivity index (χ0n) is 10.1. The number of hydrogen-bond acceptors (Lipinski definition) is 5. The molecule has 0 unspecified atom stereocenters. The number of anilines is 1. The molecule has 0 spiro atoms. The van der Waals surface area contributed by atoms with Crippen LogP contribution in [0.15, 0.2) is 18.2 Å². The minimum absolute atomic E-state index is 0.237. The van der Waals surface area contributed by atoms with Crippen LogP contribution in [0.1, 0.15) is 11.4 Å². The van der Waals surface area contributed by atoms with Gasteiger partial charge in [0.15, 0.2) is 5.82 Å². The Balaban J connectivity index is 2.17. The van der Waals surface area contributed by atoms with E-state index in [4.69, 9.17) is 5.73 Å². The first-order valence-corrected chi connectivity index (χ1v) is 6.34. The molecule has 2 heterocycles. The van der Waals surface area contributed by atoms with Crippen LogP contribution in [-0.4, -0.2) is 19.8 Å². The van der Waals surface area contributed by atoms with E-state index in [1.54, 1.807) is 6.92 Å². The van der Waals surface area contributed by atoms with E-state index < -0.39 is 11.7 Å². The minimum atomic E-state index is -4.42. The maximum Gasteiger partial charge on any atom is 0.416 e. The summed E-state index contributed by atoms with van der Waals surface area (Å²) in [5.74, 6) is 0.563. The van der Waals surface area contributed by atoms with Crippen molar-refractivity contribution in [3.8, 4) is 10.6 Å². The lowest BCUT2D eigenvalue weighted by atomic mass is 10.1. The number of aryl methyl sites for hydroxylation is 1. The normalized spacial score (nSPS) is 12.2. The van der Waals surface area contributed by atoms with Crippen LogP contribution in [-0.2, 0) is 6.18 Å². The molecule has 0 saturated heterocycles. The molecule has 20 heavy (non-hydrogen) atoms. The molecule has 3 rings (SSSR count). The molecule has 2 N–H and O–H groups in total. The van der Waals surface area contributed by atoms with Gasteiger partial charge in [-0.3, -0.25) is 0 Å². The third-order valence-corrected chi connectivity index (χ3v) is 3.69. The monoisotopic (exact) mass is 299 g/mol. The average Bonchev–Trinajstić information content (AvgIpc) is 2.91. The third kappa shape index (κ3) is 1.99. The van der Waals surface area contributed by atoms with E-state index in [9.17, 15) is 13.2 Å². The summed E-state index contributed by atoms with van der Waals surface area (Å²) in [5.41, 5.74) is 5.47. The maximum absolute atomic E-state index is 12.7. The third-order valence-electron chi connectivity index (χ3n) is 2.76. The zero-order valence-corrected chi connectivity index (χ0v) is 11.0. The van der Waals surface area contributed by atoms with Gasteiger partial charge in [-0.15, -0.1) is 10.2 Å². The molecule has 0 aliphatic rings. The Morgan fingerprint density at radius 1 is 1.25 bits per heavy atom. The second kappa shape index (κ2) is 4.17. The second-order valence-electron chi connectivity index (χ2n) is 4.15. The van der Waals surface area contributed by atoms with Crippen molar-refractivity contribution in [1.82, 2.24) is 19.8 Å². The molecule has 3 aromatic rings. The van der Waals surface area contributed by atoms with Crippen LogP contribution in [0.2, 0.25) is 0 Å². The summed E-state index contributed by atoms with van der Waals surface area (Å²) < 4.78 is 39.7. The Kier molecular flexibility index (Phi) is 2.68. The van der Waals surface area contributed by atoms with Gasteiger partial charge in [-0.2, -0.15) is 22.8 Å². The largest absolute Gasteiger partial charge is 0.416 e. The van der Waals surface area contributed by atoms with Gasteiger partial charge in [0.25, 0.3) is 0 Å². The number of hydrogen-bond donors (Lipinski definition) is 1. The SMILES string of the molecule is Cc1nnc2sc(-c3cc(C(F)(F)F)ccc3N)nn12. The standard InChI is InChI=1S/C11H8F3N5S/c1-5-16-17-10-19(5)18-9(20-10)7-4-6(11(12,13)14)2-3-8(7)15/h2-4H,15H2,1H3. The maximum atomic E-state index is 12.7. The van der Waals surface area contributed by atoms with Crippen molar-refractivity contribution in [2.24, 2.45) is 0 Å². The molecule has 104 valence electrons. The van der Waals surface area contributed by atoms with Crippen LogP contribution in [0.5, 0.6) is 0 Å². The number of fused-ring (bicyclic) bond motifs is 1. The Hall–Kier alpha value is -2.16. The van der Waals surface area contributed by atoms with Crippen molar-refractivity contribution in [3.05, 3.63) is 29.6 Å². The first-order valence-electron chi connectivity index (χ1n) is 5.52. The van der Waals surface area contributed by atoms with Gasteiger partial charge in [-0.05, 0) is 25.1 Å². The van der Waals surface area contributed by atoms with Gasteiger partial charge in [0.05, 0.1) is 5.56 Å². The van der Waals surface area contributed by atoms with Crippen LogP contribution in [0.4, 0.5) is 18.9 Å². The molecule has 9 heteroatoms. The summed E-state index contributed by atoms with van der Waals surface area (Å²) in [6.45, 7) is 1.71. The molecule has 0 aliphatic carbocycles. The van der Waals surface area contributed by atoms with Gasteiger partial charge >= 0.3 is 6.18 Å². The van der Waals surface area contributed by atoms with Crippen LogP contribution in [0, 0.1) is 6.92 Å². The van der Waals surface area contributed by atoms with E-state index in [-0.39, 0.29) is 11.3 Å². The number of rotatable bonds is 1. The zero-order chi connectivity index (χ0) is 14.5. The molecule has 0 amide bonds. The first kappa shape index (κ1) is 12.9. The Morgan fingerprint density at radius 3 is 2.65 bits per heavy atom. The Bertz CT molecular complexity index is 789. The molecule has 0 aliphatic heterocycles. The highest BCUT2D eigenvalue weighted by atomic mass is 32.1. The van der Waals surface area contributed by atoms with Crippen LogP contribution in [0.3, 0.4) is 0 Å². The number of nitrogen functional groups attached to an aromatic ring is 1. The number of halogens is 3. The number of aromatic nitrogens is 4. The van der Waals surface area contributed by atoms with Gasteiger partial charge in [0, 0.05) is 11.3 Å². The highest BCUT2D eigenvalue weighted by molar-refractivity contribution is 7.19. The van der Waals surface area contributed by atoms with Gasteiger partial charge in [-0.25, -0.2) is 0 Å². The van der Waals surface area contributed by atoms with E-state index in [0.29, 0.717) is 15.8 Å². The van der Waals surface area contributed by atoms with Crippen molar-refractivity contribution in [2.75, 3.05) is 5.73 Å². The fourth-order valence-electron chi connectivity index (χ4n) is 1.74. The molecule has 1 aromatic carbocycles. The summed E-state index contributed by atoms with van der Waals surface area (Å²) in [4.78, 5) is 0.509. The second-order valence-corrected chi connectivity index (χ2v) is 5.10. The quantitative estimate of drug-likeness (QED) is 0.701. The van der Waals surface area contributed by atoms with Gasteiger partial charge < -0.3 is 5.73 Å². The molecule has 0 atom stereocenters. The number of alkyl halides is 3. The lowest BCUT2D eigenvalue weighted by Gasteiger charge is -2.09. The summed E-state index contributed by atoms with van der Waals surface area (Å²) >= 11 is 1.14. The minimum Gasteiger partial charge on any atom is -0.398 e. The fourth-order valence-corrected chi connectivity index (χ4v) is 2.66. The molecule has 0 bridgehead atoms. The van der Waals surface area contributed by atoms with E-state index in [2.05, 4.69) is 15.3 Å². The predicted octanol–water partition coefficient (Wildman–Crippen LogP) is 2.76. The van der Waals surface area contributed by atoms with E-state index in [0.717, 1.165) is 23.5 Å². The highest BCUT2D eigenvalue weighted by Crippen LogP contribution is 2.36. The first-order chi connectivity index (χ1) is 9.36. The molecule has 0 saturated carbocycles. The van der Waals surface area contributed by atoms with Crippen molar-refractivity contribution in [2.45, 2.75) is 13.1 Å². The lowest BCUT2D eigenvalue weighted by molar-refractivity contribution is -0.137. The van der Waals surface area contributed by atoms with Crippen molar-refractivity contribution < 1.29 is 13.2 Å². The molecule has 5 nitrogen and oxygen atoms in total. The predicted molar refractivity (Wildman–Crippen MR) is 68.2 cm³/mol. The summed E-state index contributed by atoms with van der Waals surface area (Å²) in [5, 5.41) is 12.3. The molecule has 0 radical (unpaired) electrons. The highest BCUT2D eigenvalue weighted by Gasteiger charge is 2.31. The summed E-state index contributed by atoms with van der Waals surface area (Å²) in [6, 6.07) is 3.17. The van der Waals surface area contributed by atoms with E-state index >= 15 is 0 Å². The molecular weight excluding hydrogens is 291 g/mol. The van der Waals surface area contributed by atoms with Crippen LogP contribution < -0.4 is 5.73 Å². The lowest BCUT2D eigenvalue weighted by Crippen LogP contribution is -2.05. The number of nitrogens with zero attached hydrogens (tertiary/aromatic N) is 4. The molecule has 2 aromatic heterocycles. The Labute approximate surface area is 114 Å². The van der Waals surface area contributed by atoms with Crippen molar-refractivity contribution in [3.63, 3.8) is 0 Å². The summed E-state index contributed by atoms with van der Waals surface area (Å²) in [6.07, 6.45) is -4.42. The smallest absolute Gasteiger partial charge is 0.398 e. The average molecular weight is 299 g/mol. The Morgan fingerprint density at radius 2 is 2.00 bits per heavy atom. The number of nitrogens with two attached hydrogens (primary N) is 1. The van der Waals surface area contributed by atoms with Gasteiger partial charge in [0.2, 0.25) is 4.96 Å². The summed E-state index contributed by atoms with van der Waals surface area (Å²) in [7, 11) is 0. The molecule has 0 fully saturated rings. The van der Waals surface area contributed by atoms with Crippen LogP contribution >= 0.6 is 11.3 Å². The van der Waals surface area contributed by atoms with E-state index in [1.807, 2.05) is 0 Å².